The van der Waals surface area contributed by atoms with Crippen LogP contribution in [0.25, 0.3) is 83.4 Å². The molecule has 3 heteroatoms. The Bertz CT molecular complexity index is 2960. The van der Waals surface area contributed by atoms with Gasteiger partial charge in [0.05, 0.1) is 33.8 Å². The van der Waals surface area contributed by atoms with Crippen LogP contribution in [0.4, 0.5) is 17.1 Å². The second-order valence-corrected chi connectivity index (χ2v) is 14.4. The van der Waals surface area contributed by atoms with Crippen molar-refractivity contribution < 1.29 is 0 Å². The van der Waals surface area contributed by atoms with E-state index in [-0.39, 0.29) is 0 Å². The van der Waals surface area contributed by atoms with Crippen LogP contribution in [0.5, 0.6) is 0 Å². The number of rotatable bonds is 5. The average molecular weight is 714 g/mol. The third kappa shape index (κ3) is 5.25. The van der Waals surface area contributed by atoms with E-state index in [0.717, 1.165) is 56.4 Å². The lowest BCUT2D eigenvalue weighted by Gasteiger charge is -2.28. The molecule has 0 spiro atoms. The van der Waals surface area contributed by atoms with Gasteiger partial charge in [-0.3, -0.25) is 0 Å². The summed E-state index contributed by atoms with van der Waals surface area (Å²) < 4.78 is 2.41. The maximum absolute atomic E-state index is 5.17. The molecule has 0 saturated heterocycles. The maximum atomic E-state index is 5.17. The summed E-state index contributed by atoms with van der Waals surface area (Å²) in [4.78, 5) is 7.61. The van der Waals surface area contributed by atoms with Crippen molar-refractivity contribution in [2.24, 2.45) is 0 Å². The Morgan fingerprint density at radius 2 is 0.786 bits per heavy atom. The molecule has 1 aliphatic heterocycles. The Labute approximate surface area is 326 Å². The van der Waals surface area contributed by atoms with Gasteiger partial charge >= 0.3 is 0 Å². The fourth-order valence-corrected chi connectivity index (χ4v) is 8.55. The van der Waals surface area contributed by atoms with E-state index in [1.165, 1.54) is 44.1 Å². The van der Waals surface area contributed by atoms with Gasteiger partial charge in [-0.05, 0) is 89.0 Å². The molecule has 0 unspecified atom stereocenters. The Morgan fingerprint density at radius 1 is 0.304 bits per heavy atom. The number of benzene rings is 8. The second-order valence-electron chi connectivity index (χ2n) is 14.4. The Balaban J connectivity index is 1.15. The average Bonchev–Trinajstić information content (AvgIpc) is 3.56. The summed E-state index contributed by atoms with van der Waals surface area (Å²) in [7, 11) is 0. The van der Waals surface area contributed by atoms with E-state index >= 15 is 0 Å². The summed E-state index contributed by atoms with van der Waals surface area (Å²) in [5.41, 5.74) is 18.0. The van der Waals surface area contributed by atoms with Crippen LogP contribution in [0.1, 0.15) is 0 Å². The lowest BCUT2D eigenvalue weighted by atomic mass is 9.92. The van der Waals surface area contributed by atoms with Crippen LogP contribution in [-0.4, -0.2) is 9.55 Å². The van der Waals surface area contributed by atoms with Gasteiger partial charge < -0.3 is 9.47 Å². The van der Waals surface area contributed by atoms with Gasteiger partial charge in [0.2, 0.25) is 0 Å². The number of hydrogen-bond donors (Lipinski definition) is 0. The molecule has 11 rings (SSSR count). The zero-order valence-corrected chi connectivity index (χ0v) is 30.5. The van der Waals surface area contributed by atoms with Crippen molar-refractivity contribution >= 4 is 38.9 Å². The van der Waals surface area contributed by atoms with Gasteiger partial charge in [0, 0.05) is 44.4 Å². The minimum Gasteiger partial charge on any atom is -0.309 e. The fourth-order valence-electron chi connectivity index (χ4n) is 8.55. The number of nitrogens with zero attached hydrogens (tertiary/aromatic N) is 3. The van der Waals surface area contributed by atoms with Gasteiger partial charge in [0.1, 0.15) is 0 Å². The highest BCUT2D eigenvalue weighted by Crippen LogP contribution is 2.52. The number of para-hydroxylation sites is 3. The van der Waals surface area contributed by atoms with Gasteiger partial charge in [0.25, 0.3) is 0 Å². The van der Waals surface area contributed by atoms with E-state index in [1.807, 2.05) is 0 Å². The summed E-state index contributed by atoms with van der Waals surface area (Å²) in [6.07, 6.45) is 0. The quantitative estimate of drug-likeness (QED) is 0.177. The van der Waals surface area contributed by atoms with Crippen molar-refractivity contribution in [1.29, 1.82) is 0 Å². The summed E-state index contributed by atoms with van der Waals surface area (Å²) in [5.74, 6) is 0. The topological polar surface area (TPSA) is 21.1 Å². The molecule has 0 fully saturated rings. The van der Waals surface area contributed by atoms with Crippen LogP contribution in [0.3, 0.4) is 0 Å². The summed E-state index contributed by atoms with van der Waals surface area (Å²) in [5, 5.41) is 2.51. The lowest BCUT2D eigenvalue weighted by molar-refractivity contribution is 1.18. The molecule has 3 heterocycles. The van der Waals surface area contributed by atoms with Crippen molar-refractivity contribution in [1.82, 2.24) is 9.55 Å². The SMILES string of the molecule is c1ccc(-c2cc(-c3ccc4c(c3)-c3ccccc3-c3cc(-n5c6ccccc6c6ccccc65)ccc3N4c3ccccc3)cc(-c3ccccc3)n2)cc1. The molecular formula is C53H35N3. The minimum atomic E-state index is 0.952. The molecule has 0 saturated carbocycles. The number of pyridine rings is 1. The summed E-state index contributed by atoms with van der Waals surface area (Å²) in [6.45, 7) is 0. The van der Waals surface area contributed by atoms with E-state index in [9.17, 15) is 0 Å². The molecule has 8 aromatic carbocycles. The van der Waals surface area contributed by atoms with Crippen LogP contribution in [0, 0.1) is 0 Å². The molecule has 262 valence electrons. The number of anilines is 3. The highest BCUT2D eigenvalue weighted by atomic mass is 15.2. The van der Waals surface area contributed by atoms with Crippen molar-refractivity contribution in [2.75, 3.05) is 4.90 Å². The molecule has 0 N–H and O–H groups in total. The van der Waals surface area contributed by atoms with Crippen LogP contribution < -0.4 is 4.90 Å². The molecule has 0 bridgehead atoms. The number of fused-ring (bicyclic) bond motifs is 8. The van der Waals surface area contributed by atoms with Crippen molar-refractivity contribution in [3.63, 3.8) is 0 Å². The van der Waals surface area contributed by atoms with E-state index < -0.39 is 0 Å². The van der Waals surface area contributed by atoms with E-state index in [1.54, 1.807) is 0 Å². The molecule has 3 nitrogen and oxygen atoms in total. The lowest BCUT2D eigenvalue weighted by Crippen LogP contribution is -2.11. The van der Waals surface area contributed by atoms with E-state index in [4.69, 9.17) is 4.98 Å². The highest BCUT2D eigenvalue weighted by molar-refractivity contribution is 6.10. The van der Waals surface area contributed by atoms with Gasteiger partial charge in [-0.25, -0.2) is 4.98 Å². The molecule has 10 aromatic rings. The first-order chi connectivity index (χ1) is 27.8. The molecular weight excluding hydrogens is 679 g/mol. The van der Waals surface area contributed by atoms with Crippen LogP contribution in [-0.2, 0) is 0 Å². The Kier molecular flexibility index (Phi) is 7.49. The minimum absolute atomic E-state index is 0.952. The largest absolute Gasteiger partial charge is 0.309 e. The van der Waals surface area contributed by atoms with Gasteiger partial charge in [-0.1, -0.05) is 146 Å². The van der Waals surface area contributed by atoms with Crippen LogP contribution in [0.2, 0.25) is 0 Å². The molecule has 0 aliphatic carbocycles. The first-order valence-electron chi connectivity index (χ1n) is 19.1. The van der Waals surface area contributed by atoms with Gasteiger partial charge in [-0.2, -0.15) is 0 Å². The standard InChI is InChI=1S/C53H35N3/c1-4-16-36(17-5-1)48-33-39(34-49(54-48)37-18-6-2-7-19-37)38-28-30-52-46(32-38)42-22-10-11-23-43(42)47-35-41(29-31-53(47)55(52)40-20-8-3-9-21-40)56-50-26-14-12-24-44(50)45-25-13-15-27-51(45)56/h1-35H. The Morgan fingerprint density at radius 3 is 1.38 bits per heavy atom. The molecule has 2 aromatic heterocycles. The summed E-state index contributed by atoms with van der Waals surface area (Å²) in [6, 6.07) is 76.4. The predicted molar refractivity (Wildman–Crippen MR) is 234 cm³/mol. The monoisotopic (exact) mass is 713 g/mol. The third-order valence-corrected chi connectivity index (χ3v) is 11.1. The molecule has 56 heavy (non-hydrogen) atoms. The summed E-state index contributed by atoms with van der Waals surface area (Å²) >= 11 is 0. The fraction of sp³-hybridized carbons (Fsp3) is 0. The van der Waals surface area contributed by atoms with Crippen molar-refractivity contribution in [3.05, 3.63) is 212 Å². The van der Waals surface area contributed by atoms with Crippen molar-refractivity contribution in [3.8, 4) is 61.6 Å². The van der Waals surface area contributed by atoms with Gasteiger partial charge in [-0.15, -0.1) is 0 Å². The van der Waals surface area contributed by atoms with Crippen LogP contribution >= 0.6 is 0 Å². The van der Waals surface area contributed by atoms with Gasteiger partial charge in [0.15, 0.2) is 0 Å². The Hall–Kier alpha value is -7.49. The molecule has 0 radical (unpaired) electrons. The van der Waals surface area contributed by atoms with E-state index in [2.05, 4.69) is 222 Å². The third-order valence-electron chi connectivity index (χ3n) is 11.1. The van der Waals surface area contributed by atoms with Crippen LogP contribution in [0.15, 0.2) is 212 Å². The van der Waals surface area contributed by atoms with E-state index in [0.29, 0.717) is 0 Å². The predicted octanol–water partition coefficient (Wildman–Crippen LogP) is 14.3. The normalized spacial score (nSPS) is 11.9. The number of hydrogen-bond acceptors (Lipinski definition) is 2. The maximum Gasteiger partial charge on any atom is 0.0715 e. The molecule has 1 aliphatic rings. The smallest absolute Gasteiger partial charge is 0.0715 e. The first-order valence-corrected chi connectivity index (χ1v) is 19.1. The number of aromatic nitrogens is 2. The highest BCUT2D eigenvalue weighted by Gasteiger charge is 2.27. The van der Waals surface area contributed by atoms with Crippen molar-refractivity contribution in [2.45, 2.75) is 0 Å². The zero-order valence-electron chi connectivity index (χ0n) is 30.5. The zero-order chi connectivity index (χ0) is 37.0. The molecule has 0 atom stereocenters. The molecule has 0 amide bonds. The second kappa shape index (κ2) is 13.1. The first kappa shape index (κ1) is 32.0.